The molecular formula is C35H32BrN3O5S. The number of rotatable bonds is 9. The number of nitrogens with zero attached hydrogens (tertiary/aromatic N) is 1. The summed E-state index contributed by atoms with van der Waals surface area (Å²) in [6.45, 7) is 6.12. The number of fused-ring (bicyclic) bond motifs is 1. The highest BCUT2D eigenvalue weighted by Gasteiger charge is 2.28. The smallest absolute Gasteiger partial charge is 0.317 e. The van der Waals surface area contributed by atoms with Crippen LogP contribution in [0.4, 0.5) is 5.69 Å². The van der Waals surface area contributed by atoms with Gasteiger partial charge in [0.25, 0.3) is 0 Å². The Hall–Kier alpha value is -4.38. The molecule has 8 nitrogen and oxygen atoms in total. The number of amides is 1. The molecule has 0 aliphatic heterocycles. The van der Waals surface area contributed by atoms with E-state index in [4.69, 9.17) is 4.28 Å². The zero-order chi connectivity index (χ0) is 32.2. The number of carbonyl (C=O) groups is 2. The van der Waals surface area contributed by atoms with E-state index >= 15 is 0 Å². The van der Waals surface area contributed by atoms with Crippen LogP contribution < -0.4 is 10.8 Å². The molecule has 1 unspecified atom stereocenters. The maximum absolute atomic E-state index is 13.6. The maximum Gasteiger partial charge on any atom is 0.317 e. The quantitative estimate of drug-likeness (QED) is 0.186. The number of anilines is 1. The van der Waals surface area contributed by atoms with E-state index in [9.17, 15) is 18.0 Å². The van der Waals surface area contributed by atoms with Crippen LogP contribution in [-0.2, 0) is 31.0 Å². The molecule has 0 fully saturated rings. The van der Waals surface area contributed by atoms with E-state index in [1.165, 1.54) is 18.2 Å². The third-order valence-corrected chi connectivity index (χ3v) is 8.85. The van der Waals surface area contributed by atoms with Crippen LogP contribution in [0.5, 0.6) is 0 Å². The van der Waals surface area contributed by atoms with Crippen molar-refractivity contribution in [1.29, 1.82) is 0 Å². The summed E-state index contributed by atoms with van der Waals surface area (Å²) >= 11 is 3.41. The van der Waals surface area contributed by atoms with Crippen LogP contribution in [0.2, 0.25) is 0 Å². The molecule has 0 saturated carbocycles. The second-order valence-electron chi connectivity index (χ2n) is 11.6. The predicted molar refractivity (Wildman–Crippen MR) is 179 cm³/mol. The van der Waals surface area contributed by atoms with Gasteiger partial charge in [-0.25, -0.2) is 5.48 Å². The van der Waals surface area contributed by atoms with Gasteiger partial charge in [0, 0.05) is 27.7 Å². The Bertz CT molecular complexity index is 1900. The lowest BCUT2D eigenvalue weighted by molar-refractivity contribution is -0.117. The number of allylic oxidation sites excluding steroid dienone is 1. The van der Waals surface area contributed by atoms with Crippen molar-refractivity contribution < 1.29 is 22.3 Å². The van der Waals surface area contributed by atoms with Gasteiger partial charge in [-0.05, 0) is 52.9 Å². The second-order valence-corrected chi connectivity index (χ2v) is 14.0. The van der Waals surface area contributed by atoms with Crippen molar-refractivity contribution in [3.63, 3.8) is 0 Å². The van der Waals surface area contributed by atoms with E-state index < -0.39 is 27.9 Å². The molecule has 0 bridgehead atoms. The Morgan fingerprint density at radius 2 is 1.56 bits per heavy atom. The number of hydrogen-bond acceptors (Lipinski definition) is 7. The van der Waals surface area contributed by atoms with Gasteiger partial charge in [0.1, 0.15) is 11.8 Å². The van der Waals surface area contributed by atoms with Gasteiger partial charge in [0.15, 0.2) is 0 Å². The van der Waals surface area contributed by atoms with Crippen LogP contribution in [0.1, 0.15) is 47.8 Å². The second kappa shape index (κ2) is 13.3. The summed E-state index contributed by atoms with van der Waals surface area (Å²) in [6, 6.07) is 28.8. The van der Waals surface area contributed by atoms with Crippen LogP contribution >= 0.6 is 15.9 Å². The van der Waals surface area contributed by atoms with Crippen molar-refractivity contribution in [3.8, 4) is 0 Å². The number of halogens is 1. The summed E-state index contributed by atoms with van der Waals surface area (Å²) in [5.41, 5.74) is 5.74. The van der Waals surface area contributed by atoms with E-state index in [1.807, 2.05) is 57.2 Å². The molecule has 45 heavy (non-hydrogen) atoms. The van der Waals surface area contributed by atoms with Crippen molar-refractivity contribution in [2.24, 2.45) is 4.99 Å². The van der Waals surface area contributed by atoms with Crippen molar-refractivity contribution in [2.45, 2.75) is 43.5 Å². The van der Waals surface area contributed by atoms with Crippen LogP contribution in [0.3, 0.4) is 0 Å². The van der Waals surface area contributed by atoms with Gasteiger partial charge in [-0.2, -0.15) is 8.42 Å². The molecule has 2 N–H and O–H groups in total. The molecule has 230 valence electrons. The molecule has 10 heteroatoms. The van der Waals surface area contributed by atoms with E-state index in [0.29, 0.717) is 16.8 Å². The third kappa shape index (κ3) is 7.83. The van der Waals surface area contributed by atoms with Crippen LogP contribution in [-0.4, -0.2) is 31.9 Å². The normalized spacial score (nSPS) is 14.8. The summed E-state index contributed by atoms with van der Waals surface area (Å²) in [6.07, 6.45) is 1.64. The van der Waals surface area contributed by atoms with Gasteiger partial charge in [-0.3, -0.25) is 14.6 Å². The summed E-state index contributed by atoms with van der Waals surface area (Å²) in [5.74, 6) is -0.804. The standard InChI is InChI=1S/C35H32BrN3O5S/c1-35(2,3)24-16-18-27(19-17-24)45(42,43)44-39-30-22-31(33(40)29-15-8-7-14-28(29)30)38-32(20-23-10-5-4-6-11-23)34(41)37-26-13-9-12-25(36)21-26/h4-19,21-22,32,39H,20H2,1-3H3,(H,37,41). The third-order valence-electron chi connectivity index (χ3n) is 7.21. The van der Waals surface area contributed by atoms with E-state index in [0.717, 1.165) is 15.6 Å². The Labute approximate surface area is 271 Å². The molecule has 0 heterocycles. The molecule has 1 aliphatic carbocycles. The number of hydrogen-bond donors (Lipinski definition) is 2. The van der Waals surface area contributed by atoms with Gasteiger partial charge in [-0.1, -0.05) is 109 Å². The first-order valence-corrected chi connectivity index (χ1v) is 16.4. The van der Waals surface area contributed by atoms with Crippen molar-refractivity contribution >= 4 is 54.8 Å². The zero-order valence-corrected chi connectivity index (χ0v) is 27.4. The first kappa shape index (κ1) is 32.0. The average Bonchev–Trinajstić information content (AvgIpc) is 3.01. The Morgan fingerprint density at radius 1 is 0.889 bits per heavy atom. The molecule has 1 amide bonds. The summed E-state index contributed by atoms with van der Waals surface area (Å²) in [7, 11) is -4.22. The highest BCUT2D eigenvalue weighted by molar-refractivity contribution is 9.10. The zero-order valence-electron chi connectivity index (χ0n) is 25.0. The number of hydroxylamine groups is 1. The number of Topliss-reactive ketones (excluding diaryl/α,β-unsaturated/α-hetero) is 1. The van der Waals surface area contributed by atoms with Crippen molar-refractivity contribution in [1.82, 2.24) is 5.48 Å². The van der Waals surface area contributed by atoms with E-state index in [-0.39, 0.29) is 28.1 Å². The minimum Gasteiger partial charge on any atom is -0.324 e. The monoisotopic (exact) mass is 685 g/mol. The fraction of sp³-hybridized carbons (Fsp3) is 0.171. The molecule has 4 aromatic rings. The average molecular weight is 687 g/mol. The molecule has 1 atom stereocenters. The Morgan fingerprint density at radius 3 is 2.22 bits per heavy atom. The number of carbonyl (C=O) groups excluding carboxylic acids is 2. The molecule has 5 rings (SSSR count). The largest absolute Gasteiger partial charge is 0.324 e. The first-order chi connectivity index (χ1) is 21.4. The van der Waals surface area contributed by atoms with Crippen LogP contribution in [0, 0.1) is 0 Å². The predicted octanol–water partition coefficient (Wildman–Crippen LogP) is 6.88. The van der Waals surface area contributed by atoms with E-state index in [1.54, 1.807) is 54.6 Å². The van der Waals surface area contributed by atoms with Gasteiger partial charge in [0.05, 0.1) is 10.6 Å². The first-order valence-electron chi connectivity index (χ1n) is 14.2. The SMILES string of the molecule is CC(C)(C)c1ccc(S(=O)(=O)ONC2=CC(=NC(Cc3ccccc3)C(=O)Nc3cccc(Br)c3)C(=O)c3ccccc32)cc1. The highest BCUT2D eigenvalue weighted by Crippen LogP contribution is 2.27. The summed E-state index contributed by atoms with van der Waals surface area (Å²) < 4.78 is 32.3. The summed E-state index contributed by atoms with van der Waals surface area (Å²) in [5, 5.41) is 2.89. The minimum atomic E-state index is -4.22. The number of nitrogens with one attached hydrogen (secondary N) is 2. The van der Waals surface area contributed by atoms with Crippen molar-refractivity contribution in [2.75, 3.05) is 5.32 Å². The Balaban J connectivity index is 1.47. The molecule has 1 aliphatic rings. The van der Waals surface area contributed by atoms with Gasteiger partial charge >= 0.3 is 10.1 Å². The lowest BCUT2D eigenvalue weighted by atomic mass is 9.87. The molecule has 0 saturated heterocycles. The van der Waals surface area contributed by atoms with Crippen molar-refractivity contribution in [3.05, 3.63) is 136 Å². The molecular weight excluding hydrogens is 654 g/mol. The molecule has 0 spiro atoms. The molecule has 0 radical (unpaired) electrons. The number of ketones is 1. The lowest BCUT2D eigenvalue weighted by Crippen LogP contribution is -2.32. The lowest BCUT2D eigenvalue weighted by Gasteiger charge is -2.21. The maximum atomic E-state index is 13.6. The molecule has 0 aromatic heterocycles. The molecule has 4 aromatic carbocycles. The Kier molecular flexibility index (Phi) is 9.48. The number of benzene rings is 4. The van der Waals surface area contributed by atoms with Crippen LogP contribution in [0.25, 0.3) is 5.70 Å². The highest BCUT2D eigenvalue weighted by atomic mass is 79.9. The summed E-state index contributed by atoms with van der Waals surface area (Å²) in [4.78, 5) is 31.8. The fourth-order valence-electron chi connectivity index (χ4n) is 4.78. The topological polar surface area (TPSA) is 114 Å². The fourth-order valence-corrected chi connectivity index (χ4v) is 5.94. The van der Waals surface area contributed by atoms with Gasteiger partial charge < -0.3 is 5.32 Å². The van der Waals surface area contributed by atoms with Crippen LogP contribution in [0.15, 0.2) is 124 Å². The minimum absolute atomic E-state index is 0.0166. The van der Waals surface area contributed by atoms with Gasteiger partial charge in [0.2, 0.25) is 11.7 Å². The number of aliphatic imine (C=N–C) groups is 1. The van der Waals surface area contributed by atoms with E-state index in [2.05, 4.69) is 31.7 Å². The van der Waals surface area contributed by atoms with Gasteiger partial charge in [-0.15, -0.1) is 4.28 Å².